The molecule has 0 saturated carbocycles. The van der Waals surface area contributed by atoms with Crippen molar-refractivity contribution in [3.05, 3.63) is 32.8 Å². The molecule has 1 fully saturated rings. The molecule has 2 rings (SSSR count). The number of hydrogen-bond donors (Lipinski definition) is 1. The van der Waals surface area contributed by atoms with E-state index in [9.17, 15) is 10.1 Å². The Balaban J connectivity index is 2.35. The van der Waals surface area contributed by atoms with Gasteiger partial charge in [0, 0.05) is 29.7 Å². The van der Waals surface area contributed by atoms with E-state index in [0.29, 0.717) is 16.6 Å². The average molecular weight is 329 g/mol. The van der Waals surface area contributed by atoms with Gasteiger partial charge in [0.05, 0.1) is 4.92 Å². The number of halogens is 1. The summed E-state index contributed by atoms with van der Waals surface area (Å²) in [5, 5.41) is 20.3. The summed E-state index contributed by atoms with van der Waals surface area (Å²) in [6, 6.07) is 5.35. The number of aliphatic hydroxyl groups excluding tert-OH is 1. The summed E-state index contributed by atoms with van der Waals surface area (Å²) in [5.74, 6) is 0. The molecule has 6 heteroatoms. The zero-order valence-corrected chi connectivity index (χ0v) is 12.2. The van der Waals surface area contributed by atoms with Crippen LogP contribution in [-0.2, 0) is 0 Å². The molecular formula is C13H17BrN2O3. The Labute approximate surface area is 120 Å². The van der Waals surface area contributed by atoms with Crippen LogP contribution in [0.3, 0.4) is 0 Å². The highest BCUT2D eigenvalue weighted by Crippen LogP contribution is 2.35. The number of aliphatic hydroxyl groups is 1. The van der Waals surface area contributed by atoms with Gasteiger partial charge in [0.25, 0.3) is 5.69 Å². The predicted molar refractivity (Wildman–Crippen MR) is 77.5 cm³/mol. The van der Waals surface area contributed by atoms with Crippen molar-refractivity contribution in [2.75, 3.05) is 18.1 Å². The minimum atomic E-state index is -0.343. The second-order valence-electron chi connectivity index (χ2n) is 4.75. The van der Waals surface area contributed by atoms with Gasteiger partial charge in [-0.1, -0.05) is 15.9 Å². The Morgan fingerprint density at radius 3 is 2.95 bits per heavy atom. The first-order valence-corrected chi connectivity index (χ1v) is 7.24. The van der Waals surface area contributed by atoms with E-state index in [-0.39, 0.29) is 23.3 Å². The van der Waals surface area contributed by atoms with Crippen molar-refractivity contribution in [1.82, 2.24) is 0 Å². The Bertz CT molecular complexity index is 465. The molecule has 1 saturated heterocycles. The third kappa shape index (κ3) is 3.25. The number of nitro groups is 1. The van der Waals surface area contributed by atoms with E-state index in [1.54, 1.807) is 12.1 Å². The van der Waals surface area contributed by atoms with Crippen LogP contribution in [0.15, 0.2) is 22.7 Å². The number of benzene rings is 1. The van der Waals surface area contributed by atoms with Crippen molar-refractivity contribution in [2.45, 2.75) is 31.7 Å². The summed E-state index contributed by atoms with van der Waals surface area (Å²) in [5.41, 5.74) is 0.783. The first kappa shape index (κ1) is 14.3. The number of anilines is 1. The largest absolute Gasteiger partial charge is 0.396 e. The van der Waals surface area contributed by atoms with Crippen molar-refractivity contribution < 1.29 is 10.0 Å². The Morgan fingerprint density at radius 1 is 1.47 bits per heavy atom. The minimum Gasteiger partial charge on any atom is -0.396 e. The fourth-order valence-corrected chi connectivity index (χ4v) is 3.00. The Hall–Kier alpha value is -1.14. The van der Waals surface area contributed by atoms with Crippen LogP contribution >= 0.6 is 15.9 Å². The van der Waals surface area contributed by atoms with Crippen molar-refractivity contribution in [1.29, 1.82) is 0 Å². The summed E-state index contributed by atoms with van der Waals surface area (Å²) in [7, 11) is 0. The second kappa shape index (κ2) is 6.34. The molecule has 1 aliphatic heterocycles. The van der Waals surface area contributed by atoms with Crippen LogP contribution in [0.25, 0.3) is 0 Å². The standard InChI is InChI=1S/C13H17BrN2O3/c14-10-4-5-12(13(9-10)16(18)19)15-7-2-1-3-11(15)6-8-17/h4-5,9,11,17H,1-3,6-8H2. The molecule has 19 heavy (non-hydrogen) atoms. The Kier molecular flexibility index (Phi) is 4.76. The molecule has 0 aromatic heterocycles. The first-order valence-electron chi connectivity index (χ1n) is 6.45. The van der Waals surface area contributed by atoms with Crippen LogP contribution in [0.1, 0.15) is 25.7 Å². The lowest BCUT2D eigenvalue weighted by atomic mass is 9.98. The molecule has 0 aliphatic carbocycles. The van der Waals surface area contributed by atoms with Gasteiger partial charge in [0.15, 0.2) is 0 Å². The van der Waals surface area contributed by atoms with Gasteiger partial charge >= 0.3 is 0 Å². The molecule has 1 aromatic rings. The number of nitrogens with zero attached hydrogens (tertiary/aromatic N) is 2. The highest BCUT2D eigenvalue weighted by molar-refractivity contribution is 9.10. The molecular weight excluding hydrogens is 312 g/mol. The molecule has 1 heterocycles. The fraction of sp³-hybridized carbons (Fsp3) is 0.538. The number of piperidine rings is 1. The maximum absolute atomic E-state index is 11.2. The predicted octanol–water partition coefficient (Wildman–Crippen LogP) is 3.10. The molecule has 1 unspecified atom stereocenters. The summed E-state index contributed by atoms with van der Waals surface area (Å²) < 4.78 is 0.707. The molecule has 0 spiro atoms. The average Bonchev–Trinajstić information content (AvgIpc) is 2.40. The van der Waals surface area contributed by atoms with Crippen LogP contribution in [0.5, 0.6) is 0 Å². The molecule has 0 bridgehead atoms. The van der Waals surface area contributed by atoms with E-state index >= 15 is 0 Å². The zero-order valence-electron chi connectivity index (χ0n) is 10.6. The topological polar surface area (TPSA) is 66.6 Å². The second-order valence-corrected chi connectivity index (χ2v) is 5.66. The van der Waals surface area contributed by atoms with E-state index in [2.05, 4.69) is 20.8 Å². The molecule has 1 aliphatic rings. The van der Waals surface area contributed by atoms with Crippen LogP contribution in [-0.4, -0.2) is 29.2 Å². The maximum Gasteiger partial charge on any atom is 0.293 e. The Morgan fingerprint density at radius 2 is 2.26 bits per heavy atom. The molecule has 1 aromatic carbocycles. The highest BCUT2D eigenvalue weighted by Gasteiger charge is 2.27. The van der Waals surface area contributed by atoms with Gasteiger partial charge < -0.3 is 10.0 Å². The normalized spacial score (nSPS) is 19.5. The number of rotatable bonds is 4. The lowest BCUT2D eigenvalue weighted by Gasteiger charge is -2.37. The van der Waals surface area contributed by atoms with Crippen LogP contribution in [0, 0.1) is 10.1 Å². The monoisotopic (exact) mass is 328 g/mol. The van der Waals surface area contributed by atoms with Gasteiger partial charge in [-0.25, -0.2) is 0 Å². The summed E-state index contributed by atoms with van der Waals surface area (Å²) in [4.78, 5) is 12.9. The van der Waals surface area contributed by atoms with E-state index in [1.807, 2.05) is 6.07 Å². The van der Waals surface area contributed by atoms with Gasteiger partial charge in [0.2, 0.25) is 0 Å². The molecule has 1 atom stereocenters. The smallest absolute Gasteiger partial charge is 0.293 e. The summed E-state index contributed by atoms with van der Waals surface area (Å²) in [6.07, 6.45) is 3.79. The fourth-order valence-electron chi connectivity index (χ4n) is 2.65. The van der Waals surface area contributed by atoms with E-state index in [0.717, 1.165) is 25.8 Å². The maximum atomic E-state index is 11.2. The number of hydrogen-bond acceptors (Lipinski definition) is 4. The van der Waals surface area contributed by atoms with E-state index < -0.39 is 0 Å². The lowest BCUT2D eigenvalue weighted by molar-refractivity contribution is -0.384. The lowest BCUT2D eigenvalue weighted by Crippen LogP contribution is -2.40. The van der Waals surface area contributed by atoms with Crippen molar-refractivity contribution >= 4 is 27.3 Å². The van der Waals surface area contributed by atoms with Gasteiger partial charge in [-0.05, 0) is 37.8 Å². The quantitative estimate of drug-likeness (QED) is 0.681. The molecule has 104 valence electrons. The third-order valence-corrected chi connectivity index (χ3v) is 4.03. The molecule has 1 N–H and O–H groups in total. The van der Waals surface area contributed by atoms with Gasteiger partial charge in [-0.2, -0.15) is 0 Å². The van der Waals surface area contributed by atoms with Crippen molar-refractivity contribution in [3.8, 4) is 0 Å². The van der Waals surface area contributed by atoms with E-state index in [4.69, 9.17) is 5.11 Å². The van der Waals surface area contributed by atoms with Gasteiger partial charge in [0.1, 0.15) is 5.69 Å². The van der Waals surface area contributed by atoms with E-state index in [1.165, 1.54) is 0 Å². The minimum absolute atomic E-state index is 0.117. The van der Waals surface area contributed by atoms with Gasteiger partial charge in [-0.15, -0.1) is 0 Å². The van der Waals surface area contributed by atoms with Crippen LogP contribution < -0.4 is 4.90 Å². The molecule has 0 amide bonds. The highest BCUT2D eigenvalue weighted by atomic mass is 79.9. The summed E-state index contributed by atoms with van der Waals surface area (Å²) >= 11 is 3.27. The van der Waals surface area contributed by atoms with Gasteiger partial charge in [-0.3, -0.25) is 10.1 Å². The SMILES string of the molecule is O=[N+]([O-])c1cc(Br)ccc1N1CCCCC1CCO. The molecule has 5 nitrogen and oxygen atoms in total. The van der Waals surface area contributed by atoms with Crippen molar-refractivity contribution in [3.63, 3.8) is 0 Å². The zero-order chi connectivity index (χ0) is 13.8. The van der Waals surface area contributed by atoms with Crippen molar-refractivity contribution in [2.24, 2.45) is 0 Å². The molecule has 0 radical (unpaired) electrons. The summed E-state index contributed by atoms with van der Waals surface area (Å²) in [6.45, 7) is 0.929. The number of nitro benzene ring substituents is 1. The first-order chi connectivity index (χ1) is 9.13. The van der Waals surface area contributed by atoms with Crippen LogP contribution in [0.4, 0.5) is 11.4 Å². The third-order valence-electron chi connectivity index (χ3n) is 3.53. The van der Waals surface area contributed by atoms with Crippen LogP contribution in [0.2, 0.25) is 0 Å².